The summed E-state index contributed by atoms with van der Waals surface area (Å²) in [7, 11) is 2.10. The predicted octanol–water partition coefficient (Wildman–Crippen LogP) is 1.48. The summed E-state index contributed by atoms with van der Waals surface area (Å²) >= 11 is 0. The van der Waals surface area contributed by atoms with Gasteiger partial charge in [-0.2, -0.15) is 5.11 Å². The summed E-state index contributed by atoms with van der Waals surface area (Å²) in [5, 5.41) is 3.30. The van der Waals surface area contributed by atoms with E-state index in [4.69, 9.17) is 5.53 Å². The summed E-state index contributed by atoms with van der Waals surface area (Å²) in [6.07, 6.45) is 1.04. The molecule has 1 aromatic carbocycles. The van der Waals surface area contributed by atoms with E-state index in [9.17, 15) is 0 Å². The van der Waals surface area contributed by atoms with Crippen LogP contribution >= 0.6 is 0 Å². The zero-order valence-corrected chi connectivity index (χ0v) is 5.96. The highest BCUT2D eigenvalue weighted by atomic mass is 14.9. The molecule has 2 nitrogen and oxygen atoms in total. The van der Waals surface area contributed by atoms with Gasteiger partial charge in [0.05, 0.1) is 5.69 Å². The number of benzene rings is 1. The standard InChI is InChI=1S/C7H9BN2/c8-5-6-1-3-7(10-9)4-2-6/h1-4,9H,5,8H2. The maximum atomic E-state index is 6.70. The van der Waals surface area contributed by atoms with Gasteiger partial charge in [-0.25, -0.2) is 5.53 Å². The van der Waals surface area contributed by atoms with Gasteiger partial charge in [0.15, 0.2) is 0 Å². The molecule has 0 aliphatic carbocycles. The number of hydrogen-bond donors (Lipinski definition) is 1. The maximum Gasteiger partial charge on any atom is 0.107 e. The Kier molecular flexibility index (Phi) is 2.21. The summed E-state index contributed by atoms with van der Waals surface area (Å²) in [5.41, 5.74) is 8.70. The molecule has 0 atom stereocenters. The van der Waals surface area contributed by atoms with Crippen molar-refractivity contribution in [1.29, 1.82) is 5.53 Å². The average Bonchev–Trinajstić information content (AvgIpc) is 2.05. The summed E-state index contributed by atoms with van der Waals surface area (Å²) in [6.45, 7) is 0. The van der Waals surface area contributed by atoms with Crippen LogP contribution in [0.4, 0.5) is 5.69 Å². The highest BCUT2D eigenvalue weighted by Crippen LogP contribution is 2.11. The van der Waals surface area contributed by atoms with Crippen LogP contribution < -0.4 is 0 Å². The van der Waals surface area contributed by atoms with Crippen LogP contribution in [0.25, 0.3) is 0 Å². The van der Waals surface area contributed by atoms with Gasteiger partial charge in [-0.1, -0.05) is 24.0 Å². The van der Waals surface area contributed by atoms with Crippen LogP contribution in [0.15, 0.2) is 29.4 Å². The molecule has 0 amide bonds. The lowest BCUT2D eigenvalue weighted by molar-refractivity contribution is 1.14. The fraction of sp³-hybridized carbons (Fsp3) is 0.143. The van der Waals surface area contributed by atoms with E-state index in [1.165, 1.54) is 5.56 Å². The molecule has 0 aliphatic heterocycles. The first-order valence-electron chi connectivity index (χ1n) is 3.33. The Morgan fingerprint density at radius 1 is 1.30 bits per heavy atom. The molecule has 1 rings (SSSR count). The van der Waals surface area contributed by atoms with Gasteiger partial charge in [-0.15, -0.1) is 0 Å². The predicted molar refractivity (Wildman–Crippen MR) is 43.5 cm³/mol. The Bertz CT molecular complexity index is 218. The lowest BCUT2D eigenvalue weighted by Gasteiger charge is -1.93. The van der Waals surface area contributed by atoms with Crippen molar-refractivity contribution in [2.75, 3.05) is 0 Å². The smallest absolute Gasteiger partial charge is 0.107 e. The first-order chi connectivity index (χ1) is 4.86. The Morgan fingerprint density at radius 3 is 2.30 bits per heavy atom. The van der Waals surface area contributed by atoms with Crippen LogP contribution in [-0.4, -0.2) is 7.85 Å². The molecule has 3 heteroatoms. The fourth-order valence-electron chi connectivity index (χ4n) is 0.806. The monoisotopic (exact) mass is 132 g/mol. The molecule has 0 saturated carbocycles. The lowest BCUT2D eigenvalue weighted by Crippen LogP contribution is -1.79. The van der Waals surface area contributed by atoms with Crippen molar-refractivity contribution in [2.24, 2.45) is 5.11 Å². The Balaban J connectivity index is 2.90. The molecule has 0 bridgehead atoms. The second kappa shape index (κ2) is 3.15. The molecule has 0 heterocycles. The fourth-order valence-corrected chi connectivity index (χ4v) is 0.806. The largest absolute Gasteiger partial charge is 0.204 e. The zero-order chi connectivity index (χ0) is 7.40. The van der Waals surface area contributed by atoms with E-state index in [0.29, 0.717) is 0 Å². The van der Waals surface area contributed by atoms with Crippen LogP contribution in [0.1, 0.15) is 5.56 Å². The van der Waals surface area contributed by atoms with Crippen molar-refractivity contribution >= 4 is 13.5 Å². The number of hydrogen-bond acceptors (Lipinski definition) is 2. The first-order valence-corrected chi connectivity index (χ1v) is 3.33. The van der Waals surface area contributed by atoms with Gasteiger partial charge in [0.1, 0.15) is 7.85 Å². The van der Waals surface area contributed by atoms with Gasteiger partial charge in [-0.05, 0) is 12.1 Å². The number of nitrogens with zero attached hydrogens (tertiary/aromatic N) is 1. The average molecular weight is 132 g/mol. The van der Waals surface area contributed by atoms with E-state index in [1.54, 1.807) is 0 Å². The van der Waals surface area contributed by atoms with Crippen molar-refractivity contribution in [3.8, 4) is 0 Å². The zero-order valence-electron chi connectivity index (χ0n) is 5.96. The Labute approximate surface area is 61.2 Å². The minimum absolute atomic E-state index is 0.720. The minimum atomic E-state index is 0.720. The first kappa shape index (κ1) is 7.00. The van der Waals surface area contributed by atoms with Gasteiger partial charge in [0.25, 0.3) is 0 Å². The topological polar surface area (TPSA) is 36.2 Å². The summed E-state index contributed by atoms with van der Waals surface area (Å²) in [5.74, 6) is 0. The molecular weight excluding hydrogens is 123 g/mol. The molecule has 1 aromatic rings. The van der Waals surface area contributed by atoms with Crippen LogP contribution in [-0.2, 0) is 6.32 Å². The van der Waals surface area contributed by atoms with E-state index in [-0.39, 0.29) is 0 Å². The van der Waals surface area contributed by atoms with E-state index in [0.717, 1.165) is 12.0 Å². The second-order valence-corrected chi connectivity index (χ2v) is 2.13. The molecule has 0 fully saturated rings. The molecule has 0 spiro atoms. The van der Waals surface area contributed by atoms with Gasteiger partial charge in [0.2, 0.25) is 0 Å². The summed E-state index contributed by atoms with van der Waals surface area (Å²) in [6, 6.07) is 7.69. The number of rotatable bonds is 2. The van der Waals surface area contributed by atoms with Crippen molar-refractivity contribution in [3.05, 3.63) is 29.8 Å². The van der Waals surface area contributed by atoms with Crippen molar-refractivity contribution < 1.29 is 0 Å². The van der Waals surface area contributed by atoms with Crippen molar-refractivity contribution in [2.45, 2.75) is 6.32 Å². The van der Waals surface area contributed by atoms with E-state index in [2.05, 4.69) is 13.0 Å². The normalized spacial score (nSPS) is 9.20. The molecule has 10 heavy (non-hydrogen) atoms. The Morgan fingerprint density at radius 2 is 1.90 bits per heavy atom. The van der Waals surface area contributed by atoms with Crippen LogP contribution in [0.5, 0.6) is 0 Å². The molecule has 0 aliphatic rings. The maximum absolute atomic E-state index is 6.70. The van der Waals surface area contributed by atoms with Gasteiger partial charge in [0, 0.05) is 0 Å². The number of nitrogens with one attached hydrogen (secondary N) is 1. The van der Waals surface area contributed by atoms with E-state index >= 15 is 0 Å². The van der Waals surface area contributed by atoms with Crippen LogP contribution in [0, 0.1) is 5.53 Å². The van der Waals surface area contributed by atoms with Crippen LogP contribution in [0.3, 0.4) is 0 Å². The van der Waals surface area contributed by atoms with Crippen LogP contribution in [0.2, 0.25) is 0 Å². The molecule has 0 unspecified atom stereocenters. The molecular formula is C7H9BN2. The van der Waals surface area contributed by atoms with Gasteiger partial charge in [-0.3, -0.25) is 0 Å². The van der Waals surface area contributed by atoms with Gasteiger partial charge < -0.3 is 0 Å². The highest BCUT2D eigenvalue weighted by molar-refractivity contribution is 6.08. The molecule has 50 valence electrons. The van der Waals surface area contributed by atoms with E-state index < -0.39 is 0 Å². The molecule has 1 N–H and O–H groups in total. The third-order valence-corrected chi connectivity index (χ3v) is 1.47. The minimum Gasteiger partial charge on any atom is -0.204 e. The highest BCUT2D eigenvalue weighted by Gasteiger charge is 1.88. The van der Waals surface area contributed by atoms with Crippen molar-refractivity contribution in [3.63, 3.8) is 0 Å². The third-order valence-electron chi connectivity index (χ3n) is 1.47. The SMILES string of the molecule is BCc1ccc(N=N)cc1. The lowest BCUT2D eigenvalue weighted by atomic mass is 9.97. The quantitative estimate of drug-likeness (QED) is 0.467. The van der Waals surface area contributed by atoms with Gasteiger partial charge >= 0.3 is 0 Å². The second-order valence-electron chi connectivity index (χ2n) is 2.13. The molecule has 0 saturated heterocycles. The molecule has 0 radical (unpaired) electrons. The molecule has 0 aromatic heterocycles. The Hall–Kier alpha value is -1.12. The third kappa shape index (κ3) is 1.44. The van der Waals surface area contributed by atoms with Crippen molar-refractivity contribution in [1.82, 2.24) is 0 Å². The van der Waals surface area contributed by atoms with E-state index in [1.807, 2.05) is 24.3 Å². The summed E-state index contributed by atoms with van der Waals surface area (Å²) in [4.78, 5) is 0. The summed E-state index contributed by atoms with van der Waals surface area (Å²) < 4.78 is 0.